The van der Waals surface area contributed by atoms with Gasteiger partial charge < -0.3 is 5.32 Å². The molecule has 0 aliphatic heterocycles. The van der Waals surface area contributed by atoms with Gasteiger partial charge in [0.1, 0.15) is 10.0 Å². The van der Waals surface area contributed by atoms with Gasteiger partial charge in [0, 0.05) is 24.3 Å². The molecule has 1 aromatic carbocycles. The third-order valence-corrected chi connectivity index (χ3v) is 7.03. The number of halogens is 1. The number of anilines is 2. The Bertz CT molecular complexity index is 1290. The molecule has 4 rings (SSSR count). The molecule has 0 aliphatic rings. The zero-order valence-electron chi connectivity index (χ0n) is 15.7. The number of nitrogens with one attached hydrogen (secondary N) is 1. The van der Waals surface area contributed by atoms with E-state index in [1.807, 2.05) is 30.3 Å². The summed E-state index contributed by atoms with van der Waals surface area (Å²) in [6.07, 6.45) is 1.39. The fraction of sp³-hybridized carbons (Fsp3) is 0.176. The largest absolute Gasteiger partial charge is 0.330 e. The predicted molar refractivity (Wildman–Crippen MR) is 111 cm³/mol. The van der Waals surface area contributed by atoms with Gasteiger partial charge in [0.15, 0.2) is 5.82 Å². The molecule has 0 aliphatic carbocycles. The van der Waals surface area contributed by atoms with Crippen molar-refractivity contribution in [3.63, 3.8) is 0 Å². The zero-order chi connectivity index (χ0) is 20.8. The van der Waals surface area contributed by atoms with E-state index >= 15 is 0 Å². The molecule has 0 amide bonds. The highest BCUT2D eigenvalue weighted by Crippen LogP contribution is 2.29. The number of hydrogen-bond donors (Lipinski definition) is 1. The summed E-state index contributed by atoms with van der Waals surface area (Å²) in [5, 5.41) is 12.0. The molecule has 29 heavy (non-hydrogen) atoms. The number of aromatic nitrogens is 6. The minimum Gasteiger partial charge on any atom is -0.330 e. The fourth-order valence-corrected chi connectivity index (χ4v) is 5.29. The van der Waals surface area contributed by atoms with Crippen LogP contribution in [0.15, 0.2) is 41.4 Å². The first-order chi connectivity index (χ1) is 13.8. The average Bonchev–Trinajstić information content (AvgIpc) is 3.35. The van der Waals surface area contributed by atoms with Crippen LogP contribution in [0.3, 0.4) is 0 Å². The topological polar surface area (TPSA) is 108 Å². The lowest BCUT2D eigenvalue weighted by Crippen LogP contribution is -2.14. The molecule has 0 bridgehead atoms. The van der Waals surface area contributed by atoms with E-state index < -0.39 is 10.0 Å². The van der Waals surface area contributed by atoms with Gasteiger partial charge in [-0.2, -0.15) is 32.1 Å². The highest BCUT2D eigenvalue weighted by atomic mass is 35.5. The van der Waals surface area contributed by atoms with Crippen molar-refractivity contribution in [2.24, 2.45) is 7.05 Å². The maximum atomic E-state index is 13.0. The van der Waals surface area contributed by atoms with E-state index in [0.717, 1.165) is 9.77 Å². The normalized spacial score (nSPS) is 11.7. The van der Waals surface area contributed by atoms with Gasteiger partial charge in [0.25, 0.3) is 10.0 Å². The maximum Gasteiger partial charge on any atom is 0.287 e. The molecule has 150 valence electrons. The Labute approximate surface area is 176 Å². The Balaban J connectivity index is 1.68. The van der Waals surface area contributed by atoms with Gasteiger partial charge in [-0.05, 0) is 26.0 Å². The quantitative estimate of drug-likeness (QED) is 0.497. The van der Waals surface area contributed by atoms with E-state index in [4.69, 9.17) is 11.6 Å². The number of nitrogens with zero attached hydrogens (tertiary/aromatic N) is 6. The average molecular weight is 450 g/mol. The first-order valence-corrected chi connectivity index (χ1v) is 11.0. The SMILES string of the molecule is Cc1nn(S(=O)(=O)c2c(C)nn(C)c2Cl)cc1-c1nsc(Nc2ccccc2)n1. The molecule has 4 aromatic rings. The van der Waals surface area contributed by atoms with E-state index in [9.17, 15) is 8.42 Å². The predicted octanol–water partition coefficient (Wildman–Crippen LogP) is 3.39. The van der Waals surface area contributed by atoms with Crippen molar-refractivity contribution >= 4 is 44.0 Å². The molecule has 0 fully saturated rings. The third-order valence-electron chi connectivity index (χ3n) is 4.17. The van der Waals surface area contributed by atoms with Crippen LogP contribution in [0.2, 0.25) is 5.15 Å². The van der Waals surface area contributed by atoms with Crippen LogP contribution in [0.5, 0.6) is 0 Å². The Kier molecular flexibility index (Phi) is 4.89. The first-order valence-electron chi connectivity index (χ1n) is 8.44. The monoisotopic (exact) mass is 449 g/mol. The van der Waals surface area contributed by atoms with Gasteiger partial charge in [-0.1, -0.05) is 29.8 Å². The molecule has 3 aromatic heterocycles. The Hall–Kier alpha value is -2.76. The van der Waals surface area contributed by atoms with Crippen LogP contribution in [0.25, 0.3) is 11.4 Å². The second-order valence-corrected chi connectivity index (χ2v) is 9.09. The minimum absolute atomic E-state index is 0.0262. The summed E-state index contributed by atoms with van der Waals surface area (Å²) < 4.78 is 32.6. The van der Waals surface area contributed by atoms with E-state index in [0.29, 0.717) is 27.9 Å². The summed E-state index contributed by atoms with van der Waals surface area (Å²) >= 11 is 7.32. The van der Waals surface area contributed by atoms with Crippen LogP contribution in [0, 0.1) is 13.8 Å². The van der Waals surface area contributed by atoms with Crippen LogP contribution in [0.4, 0.5) is 10.8 Å². The molecule has 3 heterocycles. The number of aryl methyl sites for hydroxylation is 3. The second kappa shape index (κ2) is 7.25. The standard InChI is InChI=1S/C17H16ClN7O2S2/c1-10-13(16-20-17(28-23-16)19-12-7-5-4-6-8-12)9-25(22-10)29(26,27)14-11(2)21-24(3)15(14)18/h4-9H,1-3H3,(H,19,20,23). The lowest BCUT2D eigenvalue weighted by atomic mass is 10.2. The summed E-state index contributed by atoms with van der Waals surface area (Å²) in [5.74, 6) is 0.390. The van der Waals surface area contributed by atoms with Crippen LogP contribution < -0.4 is 5.32 Å². The molecule has 0 spiro atoms. The Morgan fingerprint density at radius 2 is 1.83 bits per heavy atom. The maximum absolute atomic E-state index is 13.0. The van der Waals surface area contributed by atoms with Crippen LogP contribution in [-0.2, 0) is 17.1 Å². The van der Waals surface area contributed by atoms with Gasteiger partial charge in [0.05, 0.1) is 23.1 Å². The van der Waals surface area contributed by atoms with Crippen molar-refractivity contribution in [2.45, 2.75) is 18.7 Å². The van der Waals surface area contributed by atoms with E-state index in [1.165, 1.54) is 22.4 Å². The van der Waals surface area contributed by atoms with Gasteiger partial charge in [-0.25, -0.2) is 0 Å². The Morgan fingerprint density at radius 3 is 2.48 bits per heavy atom. The summed E-state index contributed by atoms with van der Waals surface area (Å²) in [6, 6.07) is 9.57. The lowest BCUT2D eigenvalue weighted by molar-refractivity contribution is 0.579. The van der Waals surface area contributed by atoms with Crippen LogP contribution >= 0.6 is 23.1 Å². The van der Waals surface area contributed by atoms with E-state index in [1.54, 1.807) is 20.9 Å². The van der Waals surface area contributed by atoms with Crippen molar-refractivity contribution in [2.75, 3.05) is 5.32 Å². The summed E-state index contributed by atoms with van der Waals surface area (Å²) in [4.78, 5) is 4.37. The molecule has 0 radical (unpaired) electrons. The van der Waals surface area contributed by atoms with Gasteiger partial charge in [0.2, 0.25) is 5.13 Å². The van der Waals surface area contributed by atoms with Crippen molar-refractivity contribution in [1.82, 2.24) is 28.3 Å². The van der Waals surface area contributed by atoms with Crippen molar-refractivity contribution in [3.05, 3.63) is 53.1 Å². The smallest absolute Gasteiger partial charge is 0.287 e. The molecule has 0 saturated carbocycles. The molecular formula is C17H16ClN7O2S2. The number of hydrogen-bond acceptors (Lipinski definition) is 8. The van der Waals surface area contributed by atoms with Gasteiger partial charge >= 0.3 is 0 Å². The summed E-state index contributed by atoms with van der Waals surface area (Å²) in [7, 11) is -2.43. The molecule has 0 atom stereocenters. The number of rotatable bonds is 5. The third kappa shape index (κ3) is 3.52. The summed E-state index contributed by atoms with van der Waals surface area (Å²) in [6.45, 7) is 3.28. The van der Waals surface area contributed by atoms with Crippen LogP contribution in [-0.4, -0.2) is 36.7 Å². The van der Waals surface area contributed by atoms with E-state index in [-0.39, 0.29) is 10.0 Å². The van der Waals surface area contributed by atoms with Crippen LogP contribution in [0.1, 0.15) is 11.4 Å². The highest BCUT2D eigenvalue weighted by molar-refractivity contribution is 7.90. The number of benzene rings is 1. The molecule has 0 unspecified atom stereocenters. The second-order valence-electron chi connectivity index (χ2n) is 6.25. The number of para-hydroxylation sites is 1. The summed E-state index contributed by atoms with van der Waals surface area (Å²) in [5.41, 5.74) is 2.18. The molecule has 12 heteroatoms. The molecular weight excluding hydrogens is 434 g/mol. The van der Waals surface area contributed by atoms with Gasteiger partial charge in [-0.15, -0.1) is 0 Å². The molecule has 1 N–H and O–H groups in total. The van der Waals surface area contributed by atoms with Crippen molar-refractivity contribution in [3.8, 4) is 11.4 Å². The Morgan fingerprint density at radius 1 is 1.10 bits per heavy atom. The first kappa shape index (κ1) is 19.6. The van der Waals surface area contributed by atoms with Crippen molar-refractivity contribution < 1.29 is 8.42 Å². The zero-order valence-corrected chi connectivity index (χ0v) is 18.0. The van der Waals surface area contributed by atoms with Crippen molar-refractivity contribution in [1.29, 1.82) is 0 Å². The molecule has 0 saturated heterocycles. The molecule has 9 nitrogen and oxygen atoms in total. The van der Waals surface area contributed by atoms with Gasteiger partial charge in [-0.3, -0.25) is 4.68 Å². The lowest BCUT2D eigenvalue weighted by Gasteiger charge is -2.03. The minimum atomic E-state index is -4.01. The van der Waals surface area contributed by atoms with E-state index in [2.05, 4.69) is 24.9 Å². The highest BCUT2D eigenvalue weighted by Gasteiger charge is 2.29. The fourth-order valence-electron chi connectivity index (χ4n) is 2.80.